The molecule has 2 heterocycles. The molecule has 0 saturated heterocycles. The van der Waals surface area contributed by atoms with E-state index in [4.69, 9.17) is 9.63 Å². The molecule has 2 aromatic heterocycles. The van der Waals surface area contributed by atoms with E-state index in [1.54, 1.807) is 12.4 Å². The first-order valence-corrected chi connectivity index (χ1v) is 5.19. The molecule has 90 valence electrons. The summed E-state index contributed by atoms with van der Waals surface area (Å²) in [4.78, 5) is 21.5. The largest absolute Gasteiger partial charge is 0.481 e. The third-order valence-electron chi connectivity index (χ3n) is 2.22. The molecule has 1 atom stereocenters. The van der Waals surface area contributed by atoms with Crippen LogP contribution in [0.15, 0.2) is 16.9 Å². The normalized spacial score (nSPS) is 12.5. The van der Waals surface area contributed by atoms with Crippen LogP contribution in [0.2, 0.25) is 0 Å². The van der Waals surface area contributed by atoms with E-state index < -0.39 is 5.97 Å². The number of carbonyl (C=O) groups is 1. The van der Waals surface area contributed by atoms with E-state index in [-0.39, 0.29) is 12.3 Å². The fourth-order valence-corrected chi connectivity index (χ4v) is 1.49. The number of hydrogen-bond donors (Lipinski definition) is 2. The maximum Gasteiger partial charge on any atom is 0.303 e. The van der Waals surface area contributed by atoms with Crippen LogP contribution in [0.4, 0.5) is 0 Å². The highest BCUT2D eigenvalue weighted by Gasteiger charge is 2.15. The lowest BCUT2D eigenvalue weighted by atomic mass is 10.0. The maximum atomic E-state index is 10.5. The second-order valence-electron chi connectivity index (χ2n) is 3.86. The summed E-state index contributed by atoms with van der Waals surface area (Å²) >= 11 is 0. The van der Waals surface area contributed by atoms with Gasteiger partial charge < -0.3 is 14.6 Å². The molecule has 0 aliphatic heterocycles. The molecule has 0 saturated carbocycles. The predicted octanol–water partition coefficient (Wildman–Crippen LogP) is 1.11. The Morgan fingerprint density at radius 2 is 2.47 bits per heavy atom. The van der Waals surface area contributed by atoms with E-state index in [2.05, 4.69) is 20.1 Å². The van der Waals surface area contributed by atoms with E-state index in [9.17, 15) is 4.79 Å². The van der Waals surface area contributed by atoms with Crippen molar-refractivity contribution in [3.05, 3.63) is 18.3 Å². The van der Waals surface area contributed by atoms with Crippen molar-refractivity contribution in [3.63, 3.8) is 0 Å². The van der Waals surface area contributed by atoms with Gasteiger partial charge in [0.2, 0.25) is 11.7 Å². The summed E-state index contributed by atoms with van der Waals surface area (Å²) in [5.41, 5.74) is 0. The summed E-state index contributed by atoms with van der Waals surface area (Å²) in [5, 5.41) is 12.4. The molecule has 0 bridgehead atoms. The van der Waals surface area contributed by atoms with Gasteiger partial charge in [0.15, 0.2) is 5.82 Å². The van der Waals surface area contributed by atoms with E-state index in [1.165, 1.54) is 0 Å². The summed E-state index contributed by atoms with van der Waals surface area (Å²) < 4.78 is 5.03. The Morgan fingerprint density at radius 1 is 1.65 bits per heavy atom. The van der Waals surface area contributed by atoms with Crippen molar-refractivity contribution < 1.29 is 14.4 Å². The number of carboxylic acid groups (broad SMARTS) is 1. The van der Waals surface area contributed by atoms with Crippen molar-refractivity contribution in [2.24, 2.45) is 5.92 Å². The molecule has 17 heavy (non-hydrogen) atoms. The van der Waals surface area contributed by atoms with E-state index in [0.717, 1.165) is 0 Å². The zero-order valence-corrected chi connectivity index (χ0v) is 9.25. The minimum Gasteiger partial charge on any atom is -0.481 e. The lowest BCUT2D eigenvalue weighted by molar-refractivity contribution is -0.137. The van der Waals surface area contributed by atoms with Gasteiger partial charge in [0, 0.05) is 25.2 Å². The number of H-pyrrole nitrogens is 1. The van der Waals surface area contributed by atoms with Gasteiger partial charge in [-0.15, -0.1) is 0 Å². The quantitative estimate of drug-likeness (QED) is 0.805. The molecule has 0 aliphatic rings. The number of nitrogens with one attached hydrogen (secondary N) is 1. The van der Waals surface area contributed by atoms with Gasteiger partial charge >= 0.3 is 5.97 Å². The molecule has 1 unspecified atom stereocenters. The molecule has 2 rings (SSSR count). The Morgan fingerprint density at radius 3 is 3.12 bits per heavy atom. The van der Waals surface area contributed by atoms with E-state index >= 15 is 0 Å². The minimum atomic E-state index is -0.830. The number of aromatic amines is 1. The molecule has 0 aromatic carbocycles. The highest BCUT2D eigenvalue weighted by Crippen LogP contribution is 2.14. The molecule has 0 fully saturated rings. The fraction of sp³-hybridized carbons (Fsp3) is 0.400. The van der Waals surface area contributed by atoms with Crippen molar-refractivity contribution in [1.29, 1.82) is 0 Å². The van der Waals surface area contributed by atoms with Crippen molar-refractivity contribution in [2.45, 2.75) is 19.8 Å². The van der Waals surface area contributed by atoms with Gasteiger partial charge in [0.25, 0.3) is 0 Å². The average molecular weight is 236 g/mol. The first kappa shape index (κ1) is 11.3. The van der Waals surface area contributed by atoms with Crippen LogP contribution in [0.1, 0.15) is 19.2 Å². The summed E-state index contributed by atoms with van der Waals surface area (Å²) in [7, 11) is 0. The number of rotatable bonds is 5. The van der Waals surface area contributed by atoms with Gasteiger partial charge in [-0.2, -0.15) is 4.98 Å². The highest BCUT2D eigenvalue weighted by molar-refractivity contribution is 5.66. The van der Waals surface area contributed by atoms with Gasteiger partial charge in [-0.05, 0) is 5.92 Å². The molecule has 0 amide bonds. The Hall–Kier alpha value is -2.18. The lowest BCUT2D eigenvalue weighted by Crippen LogP contribution is -2.07. The van der Waals surface area contributed by atoms with E-state index in [1.807, 2.05) is 6.92 Å². The molecular weight excluding hydrogens is 224 g/mol. The predicted molar refractivity (Wildman–Crippen MR) is 57.0 cm³/mol. The molecule has 7 nitrogen and oxygen atoms in total. The van der Waals surface area contributed by atoms with Gasteiger partial charge in [-0.25, -0.2) is 4.98 Å². The molecule has 0 spiro atoms. The first-order valence-electron chi connectivity index (χ1n) is 5.19. The van der Waals surface area contributed by atoms with Crippen molar-refractivity contribution in [2.75, 3.05) is 0 Å². The Bertz CT molecular complexity index is 491. The van der Waals surface area contributed by atoms with Crippen LogP contribution in [0.3, 0.4) is 0 Å². The topological polar surface area (TPSA) is 105 Å². The molecule has 2 aromatic rings. The van der Waals surface area contributed by atoms with E-state index in [0.29, 0.717) is 24.0 Å². The van der Waals surface area contributed by atoms with Gasteiger partial charge in [0.05, 0.1) is 0 Å². The monoisotopic (exact) mass is 236 g/mol. The van der Waals surface area contributed by atoms with Crippen LogP contribution in [0, 0.1) is 5.92 Å². The van der Waals surface area contributed by atoms with Crippen LogP contribution in [0.25, 0.3) is 11.6 Å². The average Bonchev–Trinajstić information content (AvgIpc) is 2.84. The number of carboxylic acids is 1. The summed E-state index contributed by atoms with van der Waals surface area (Å²) in [5.74, 6) is 0.462. The standard InChI is InChI=1S/C10H12N4O3/c1-6(5-8(15)16)4-7-13-10(14-17-7)9-11-2-3-12-9/h2-3,6H,4-5H2,1H3,(H,11,12)(H,15,16). The fourth-order valence-electron chi connectivity index (χ4n) is 1.49. The molecular formula is C10H12N4O3. The summed E-state index contributed by atoms with van der Waals surface area (Å²) in [6.07, 6.45) is 3.79. The molecule has 0 radical (unpaired) electrons. The summed E-state index contributed by atoms with van der Waals surface area (Å²) in [6.45, 7) is 1.82. The number of imidazole rings is 1. The number of aromatic nitrogens is 4. The first-order chi connectivity index (χ1) is 8.15. The minimum absolute atomic E-state index is 0.0441. The Labute approximate surface area is 96.9 Å². The zero-order valence-electron chi connectivity index (χ0n) is 9.25. The van der Waals surface area contributed by atoms with Crippen molar-refractivity contribution in [1.82, 2.24) is 20.1 Å². The maximum absolute atomic E-state index is 10.5. The number of nitrogens with zero attached hydrogens (tertiary/aromatic N) is 3. The van der Waals surface area contributed by atoms with Gasteiger partial charge in [-0.3, -0.25) is 4.79 Å². The molecule has 0 aliphatic carbocycles. The van der Waals surface area contributed by atoms with Crippen molar-refractivity contribution >= 4 is 5.97 Å². The van der Waals surface area contributed by atoms with Gasteiger partial charge in [0.1, 0.15) is 0 Å². The number of hydrogen-bond acceptors (Lipinski definition) is 5. The van der Waals surface area contributed by atoms with Crippen LogP contribution >= 0.6 is 0 Å². The zero-order chi connectivity index (χ0) is 12.3. The smallest absolute Gasteiger partial charge is 0.303 e. The molecule has 7 heteroatoms. The highest BCUT2D eigenvalue weighted by atomic mass is 16.5. The van der Waals surface area contributed by atoms with Crippen LogP contribution in [0.5, 0.6) is 0 Å². The van der Waals surface area contributed by atoms with Gasteiger partial charge in [-0.1, -0.05) is 12.1 Å². The Kier molecular flexibility index (Phi) is 3.17. The second kappa shape index (κ2) is 4.77. The summed E-state index contributed by atoms with van der Waals surface area (Å²) in [6, 6.07) is 0. The van der Waals surface area contributed by atoms with Crippen LogP contribution < -0.4 is 0 Å². The SMILES string of the molecule is CC(CC(=O)O)Cc1nc(-c2ncc[nH]2)no1. The van der Waals surface area contributed by atoms with Crippen LogP contribution in [-0.2, 0) is 11.2 Å². The third-order valence-corrected chi connectivity index (χ3v) is 2.22. The second-order valence-corrected chi connectivity index (χ2v) is 3.86. The molecule has 2 N–H and O–H groups in total. The van der Waals surface area contributed by atoms with Crippen molar-refractivity contribution in [3.8, 4) is 11.6 Å². The third kappa shape index (κ3) is 2.90. The number of aliphatic carboxylic acids is 1. The van der Waals surface area contributed by atoms with Crippen LogP contribution in [-0.4, -0.2) is 31.2 Å². The Balaban J connectivity index is 2.01. The lowest BCUT2D eigenvalue weighted by Gasteiger charge is -2.02.